The lowest BCUT2D eigenvalue weighted by molar-refractivity contribution is -0.385. The second-order valence-corrected chi connectivity index (χ2v) is 6.13. The van der Waals surface area contributed by atoms with E-state index in [-0.39, 0.29) is 36.1 Å². The maximum absolute atomic E-state index is 12.4. The molecule has 12 heteroatoms. The number of benzene rings is 1. The Morgan fingerprint density at radius 3 is 2.76 bits per heavy atom. The van der Waals surface area contributed by atoms with E-state index in [0.29, 0.717) is 30.7 Å². The monoisotopic (exact) mass is 400 g/mol. The van der Waals surface area contributed by atoms with Crippen LogP contribution in [-0.2, 0) is 11.3 Å². The van der Waals surface area contributed by atoms with Gasteiger partial charge >= 0.3 is 5.97 Å². The van der Waals surface area contributed by atoms with Crippen molar-refractivity contribution in [1.29, 1.82) is 0 Å². The second-order valence-electron chi connectivity index (χ2n) is 6.13. The number of rotatable bonds is 6. The normalized spacial score (nSPS) is 12.7. The van der Waals surface area contributed by atoms with E-state index >= 15 is 0 Å². The number of nitrogens with zero attached hydrogens (tertiary/aromatic N) is 5. The van der Waals surface area contributed by atoms with Gasteiger partial charge in [-0.05, 0) is 6.42 Å². The lowest BCUT2D eigenvalue weighted by Crippen LogP contribution is -2.17. The van der Waals surface area contributed by atoms with E-state index in [1.807, 2.05) is 0 Å². The summed E-state index contributed by atoms with van der Waals surface area (Å²) in [4.78, 5) is 35.2. The number of nitro benzene ring substituents is 1. The third-order valence-electron chi connectivity index (χ3n) is 4.28. The number of fused-ring (bicyclic) bond motifs is 2. The summed E-state index contributed by atoms with van der Waals surface area (Å²) in [5.74, 6) is -0.0227. The van der Waals surface area contributed by atoms with Crippen molar-refractivity contribution < 1.29 is 23.9 Å². The Morgan fingerprint density at radius 1 is 1.24 bits per heavy atom. The van der Waals surface area contributed by atoms with Crippen molar-refractivity contribution >= 4 is 28.6 Å². The molecule has 2 aromatic heterocycles. The molecule has 1 aliphatic rings. The van der Waals surface area contributed by atoms with Crippen molar-refractivity contribution in [2.75, 3.05) is 25.6 Å². The van der Waals surface area contributed by atoms with Gasteiger partial charge in [-0.15, -0.1) is 0 Å². The Hall–Kier alpha value is -3.96. The van der Waals surface area contributed by atoms with Crippen LogP contribution in [-0.4, -0.2) is 50.2 Å². The third-order valence-corrected chi connectivity index (χ3v) is 4.28. The highest BCUT2D eigenvalue weighted by Gasteiger charge is 2.27. The Morgan fingerprint density at radius 2 is 2.00 bits per heavy atom. The fourth-order valence-electron chi connectivity index (χ4n) is 2.93. The summed E-state index contributed by atoms with van der Waals surface area (Å²) in [5.41, 5.74) is 6.23. The highest BCUT2D eigenvalue weighted by atomic mass is 16.6. The average Bonchev–Trinajstić information content (AvgIpc) is 3.14. The van der Waals surface area contributed by atoms with Crippen LogP contribution < -0.4 is 15.2 Å². The summed E-state index contributed by atoms with van der Waals surface area (Å²) in [6.07, 6.45) is 3.36. The summed E-state index contributed by atoms with van der Waals surface area (Å²) in [6, 6.07) is 2.45. The molecule has 150 valence electrons. The van der Waals surface area contributed by atoms with Gasteiger partial charge < -0.3 is 24.5 Å². The van der Waals surface area contributed by atoms with Gasteiger partial charge in [0, 0.05) is 12.6 Å². The van der Waals surface area contributed by atoms with Crippen LogP contribution in [0.5, 0.6) is 11.5 Å². The fraction of sp³-hybridized carbons (Fsp3) is 0.294. The molecular formula is C17H16N6O6. The number of aromatic nitrogens is 4. The molecule has 0 radical (unpaired) electrons. The van der Waals surface area contributed by atoms with E-state index in [1.54, 1.807) is 10.9 Å². The van der Waals surface area contributed by atoms with Crippen molar-refractivity contribution in [1.82, 2.24) is 19.5 Å². The molecule has 1 aliphatic heterocycles. The first-order valence-electron chi connectivity index (χ1n) is 8.71. The molecule has 4 rings (SSSR count). The van der Waals surface area contributed by atoms with Gasteiger partial charge in [-0.25, -0.2) is 19.7 Å². The molecule has 3 aromatic rings. The molecule has 0 saturated heterocycles. The van der Waals surface area contributed by atoms with E-state index in [9.17, 15) is 14.9 Å². The van der Waals surface area contributed by atoms with E-state index in [0.717, 1.165) is 0 Å². The molecule has 1 aromatic carbocycles. The van der Waals surface area contributed by atoms with Gasteiger partial charge in [-0.1, -0.05) is 0 Å². The van der Waals surface area contributed by atoms with Crippen molar-refractivity contribution in [3.63, 3.8) is 0 Å². The van der Waals surface area contributed by atoms with Crippen molar-refractivity contribution in [3.8, 4) is 11.5 Å². The number of nitro groups is 1. The van der Waals surface area contributed by atoms with E-state index in [2.05, 4.69) is 15.0 Å². The molecule has 2 N–H and O–H groups in total. The van der Waals surface area contributed by atoms with Crippen LogP contribution in [0, 0.1) is 10.1 Å². The predicted octanol–water partition coefficient (Wildman–Crippen LogP) is 1.33. The molecule has 0 saturated carbocycles. The molecule has 12 nitrogen and oxygen atoms in total. The SMILES string of the molecule is Nc1ncnc2c1ncn2CCCOC(=O)c1cc2c(cc1[N+](=O)[O-])OCCO2. The zero-order valence-corrected chi connectivity index (χ0v) is 15.1. The van der Waals surface area contributed by atoms with Crippen molar-refractivity contribution in [2.24, 2.45) is 0 Å². The predicted molar refractivity (Wildman–Crippen MR) is 98.7 cm³/mol. The summed E-state index contributed by atoms with van der Waals surface area (Å²) < 4.78 is 17.7. The summed E-state index contributed by atoms with van der Waals surface area (Å²) >= 11 is 0. The van der Waals surface area contributed by atoms with Crippen LogP contribution in [0.2, 0.25) is 0 Å². The van der Waals surface area contributed by atoms with E-state index in [1.165, 1.54) is 18.5 Å². The maximum atomic E-state index is 12.4. The van der Waals surface area contributed by atoms with Crippen LogP contribution in [0.4, 0.5) is 11.5 Å². The number of imidazole rings is 1. The van der Waals surface area contributed by atoms with Crippen LogP contribution in [0.1, 0.15) is 16.8 Å². The third kappa shape index (κ3) is 3.59. The molecule has 0 amide bonds. The fourth-order valence-corrected chi connectivity index (χ4v) is 2.93. The number of ether oxygens (including phenoxy) is 3. The number of nitrogens with two attached hydrogens (primary N) is 1. The molecule has 0 fully saturated rings. The Labute approximate surface area is 163 Å². The van der Waals surface area contributed by atoms with Gasteiger partial charge in [0.2, 0.25) is 0 Å². The van der Waals surface area contributed by atoms with Gasteiger partial charge in [-0.3, -0.25) is 10.1 Å². The Kier molecular flexibility index (Phi) is 4.81. The molecule has 29 heavy (non-hydrogen) atoms. The van der Waals surface area contributed by atoms with Crippen LogP contribution >= 0.6 is 0 Å². The molecule has 3 heterocycles. The summed E-state index contributed by atoms with van der Waals surface area (Å²) in [6.45, 7) is 1.09. The highest BCUT2D eigenvalue weighted by Crippen LogP contribution is 2.36. The number of hydrogen-bond acceptors (Lipinski definition) is 10. The molecule has 0 aliphatic carbocycles. The quantitative estimate of drug-likeness (QED) is 0.277. The highest BCUT2D eigenvalue weighted by molar-refractivity contribution is 5.95. The largest absolute Gasteiger partial charge is 0.486 e. The van der Waals surface area contributed by atoms with Crippen LogP contribution in [0.15, 0.2) is 24.8 Å². The number of esters is 1. The van der Waals surface area contributed by atoms with Gasteiger partial charge in [0.1, 0.15) is 30.6 Å². The van der Waals surface area contributed by atoms with Crippen molar-refractivity contribution in [3.05, 3.63) is 40.5 Å². The zero-order valence-electron chi connectivity index (χ0n) is 15.1. The average molecular weight is 400 g/mol. The van der Waals surface area contributed by atoms with Crippen LogP contribution in [0.25, 0.3) is 11.2 Å². The minimum Gasteiger partial charge on any atom is -0.486 e. The minimum atomic E-state index is -0.810. The first kappa shape index (κ1) is 18.4. The molecule has 0 bridgehead atoms. The summed E-state index contributed by atoms with van der Waals surface area (Å²) in [7, 11) is 0. The van der Waals surface area contributed by atoms with Crippen molar-refractivity contribution in [2.45, 2.75) is 13.0 Å². The van der Waals surface area contributed by atoms with Gasteiger partial charge in [0.05, 0.1) is 23.9 Å². The summed E-state index contributed by atoms with van der Waals surface area (Å²) in [5, 5.41) is 11.3. The lowest BCUT2D eigenvalue weighted by Gasteiger charge is -2.18. The number of aryl methyl sites for hydroxylation is 1. The number of carbonyl (C=O) groups is 1. The lowest BCUT2D eigenvalue weighted by atomic mass is 10.1. The number of anilines is 1. The molecular weight excluding hydrogens is 384 g/mol. The molecule has 0 unspecified atom stereocenters. The zero-order chi connectivity index (χ0) is 20.4. The Balaban J connectivity index is 1.42. The second kappa shape index (κ2) is 7.58. The van der Waals surface area contributed by atoms with Gasteiger partial charge in [-0.2, -0.15) is 0 Å². The topological polar surface area (TPSA) is 158 Å². The van der Waals surface area contributed by atoms with E-state index in [4.69, 9.17) is 19.9 Å². The molecule has 0 spiro atoms. The minimum absolute atomic E-state index is 0.0463. The molecule has 0 atom stereocenters. The first-order valence-corrected chi connectivity index (χ1v) is 8.71. The maximum Gasteiger partial charge on any atom is 0.345 e. The van der Waals surface area contributed by atoms with Gasteiger partial charge in [0.15, 0.2) is 23.0 Å². The van der Waals surface area contributed by atoms with Crippen LogP contribution in [0.3, 0.4) is 0 Å². The smallest absolute Gasteiger partial charge is 0.345 e. The Bertz CT molecular complexity index is 1100. The number of hydrogen-bond donors (Lipinski definition) is 1. The number of nitrogen functional groups attached to an aromatic ring is 1. The van der Waals surface area contributed by atoms with E-state index < -0.39 is 16.6 Å². The first-order chi connectivity index (χ1) is 14.0. The van der Waals surface area contributed by atoms with Gasteiger partial charge in [0.25, 0.3) is 5.69 Å². The standard InChI is InChI=1S/C17H16N6O6/c18-15-14-16(20-8-19-15)22(9-21-14)2-1-3-29-17(24)10-6-12-13(28-5-4-27-12)7-11(10)23(25)26/h6-9H,1-5H2,(H2,18,19,20). The number of carbonyl (C=O) groups excluding carboxylic acids is 1.